The molecule has 1 amide bonds. The smallest absolute Gasteiger partial charge is 0.234 e. The number of nitriles is 1. The van der Waals surface area contributed by atoms with Gasteiger partial charge in [-0.05, 0) is 17.7 Å². The quantitative estimate of drug-likeness (QED) is 0.247. The van der Waals surface area contributed by atoms with Gasteiger partial charge in [0.2, 0.25) is 5.91 Å². The number of carbonyl (C=O) groups is 1. The van der Waals surface area contributed by atoms with E-state index in [1.165, 1.54) is 0 Å². The number of guanidine groups is 1. The Labute approximate surface area is 183 Å². The number of halogens is 1. The number of ether oxygens (including phenoxy) is 1. The van der Waals surface area contributed by atoms with E-state index < -0.39 is 0 Å². The van der Waals surface area contributed by atoms with E-state index in [4.69, 9.17) is 10.00 Å². The van der Waals surface area contributed by atoms with Crippen LogP contribution in [0.5, 0.6) is 0 Å². The Morgan fingerprint density at radius 1 is 1.21 bits per heavy atom. The number of methoxy groups -OCH3 is 1. The van der Waals surface area contributed by atoms with Crippen LogP contribution in [0, 0.1) is 11.3 Å². The number of hydrogen-bond donors (Lipinski definition) is 2. The van der Waals surface area contributed by atoms with Gasteiger partial charge in [0.25, 0.3) is 0 Å². The molecule has 0 radical (unpaired) electrons. The highest BCUT2D eigenvalue weighted by atomic mass is 127. The Kier molecular flexibility index (Phi) is 11.5. The van der Waals surface area contributed by atoms with E-state index in [-0.39, 0.29) is 29.9 Å². The molecule has 1 saturated heterocycles. The number of amides is 1. The molecule has 9 heteroatoms. The van der Waals surface area contributed by atoms with Gasteiger partial charge in [0, 0.05) is 53.4 Å². The van der Waals surface area contributed by atoms with Gasteiger partial charge in [-0.2, -0.15) is 5.26 Å². The van der Waals surface area contributed by atoms with Crippen molar-refractivity contribution in [3.05, 3.63) is 35.4 Å². The van der Waals surface area contributed by atoms with Crippen LogP contribution in [-0.2, 0) is 16.1 Å². The van der Waals surface area contributed by atoms with Crippen molar-refractivity contribution in [2.75, 3.05) is 60.0 Å². The largest absolute Gasteiger partial charge is 0.383 e. The Bertz CT molecular complexity index is 666. The van der Waals surface area contributed by atoms with Crippen LogP contribution < -0.4 is 10.6 Å². The summed E-state index contributed by atoms with van der Waals surface area (Å²) in [5.41, 5.74) is 1.76. The lowest BCUT2D eigenvalue weighted by Crippen LogP contribution is -2.54. The number of piperazine rings is 1. The first-order chi connectivity index (χ1) is 13.2. The molecule has 0 aliphatic carbocycles. The molecule has 1 aliphatic rings. The average Bonchev–Trinajstić information content (AvgIpc) is 2.70. The van der Waals surface area contributed by atoms with E-state index in [1.54, 1.807) is 14.2 Å². The monoisotopic (exact) mass is 500 g/mol. The molecule has 1 fully saturated rings. The van der Waals surface area contributed by atoms with Crippen LogP contribution in [0.3, 0.4) is 0 Å². The molecule has 0 saturated carbocycles. The molecule has 1 heterocycles. The van der Waals surface area contributed by atoms with E-state index in [0.29, 0.717) is 31.8 Å². The van der Waals surface area contributed by atoms with Crippen LogP contribution in [-0.4, -0.2) is 81.7 Å². The number of nitrogens with one attached hydrogen (secondary N) is 2. The lowest BCUT2D eigenvalue weighted by atomic mass is 10.1. The second-order valence-corrected chi connectivity index (χ2v) is 6.32. The Morgan fingerprint density at radius 2 is 1.89 bits per heavy atom. The second kappa shape index (κ2) is 13.3. The molecule has 28 heavy (non-hydrogen) atoms. The maximum Gasteiger partial charge on any atom is 0.234 e. The topological polar surface area (TPSA) is 93.0 Å². The summed E-state index contributed by atoms with van der Waals surface area (Å²) in [6, 6.07) is 9.64. The highest BCUT2D eigenvalue weighted by molar-refractivity contribution is 14.0. The van der Waals surface area contributed by atoms with Crippen molar-refractivity contribution in [1.82, 2.24) is 20.4 Å². The van der Waals surface area contributed by atoms with Crippen LogP contribution in [0.2, 0.25) is 0 Å². The maximum atomic E-state index is 11.9. The molecule has 0 aromatic heterocycles. The van der Waals surface area contributed by atoms with Crippen molar-refractivity contribution in [3.63, 3.8) is 0 Å². The number of carbonyl (C=O) groups excluding carboxylic acids is 1. The normalized spacial score (nSPS) is 14.8. The van der Waals surface area contributed by atoms with E-state index in [1.807, 2.05) is 24.3 Å². The number of nitrogens with zero attached hydrogens (tertiary/aromatic N) is 4. The minimum atomic E-state index is 0. The third-order valence-corrected chi connectivity index (χ3v) is 4.41. The number of aliphatic imine (C=N–C) groups is 1. The molecule has 2 N–H and O–H groups in total. The van der Waals surface area contributed by atoms with Crippen LogP contribution in [0.4, 0.5) is 0 Å². The predicted molar refractivity (Wildman–Crippen MR) is 120 cm³/mol. The van der Waals surface area contributed by atoms with E-state index in [2.05, 4.69) is 31.5 Å². The van der Waals surface area contributed by atoms with Gasteiger partial charge >= 0.3 is 0 Å². The zero-order valence-corrected chi connectivity index (χ0v) is 18.8. The summed E-state index contributed by atoms with van der Waals surface area (Å²) >= 11 is 0. The van der Waals surface area contributed by atoms with Crippen molar-refractivity contribution >= 4 is 35.8 Å². The lowest BCUT2D eigenvalue weighted by Gasteiger charge is -2.36. The summed E-state index contributed by atoms with van der Waals surface area (Å²) in [5.74, 6) is 0.882. The average molecular weight is 500 g/mol. The van der Waals surface area contributed by atoms with Gasteiger partial charge in [-0.1, -0.05) is 12.1 Å². The first-order valence-corrected chi connectivity index (χ1v) is 9.09. The van der Waals surface area contributed by atoms with Crippen molar-refractivity contribution in [3.8, 4) is 6.07 Å². The summed E-state index contributed by atoms with van der Waals surface area (Å²) < 4.78 is 4.93. The molecule has 154 valence electrons. The molecule has 0 spiro atoms. The highest BCUT2D eigenvalue weighted by Gasteiger charge is 2.20. The third kappa shape index (κ3) is 8.00. The predicted octanol–water partition coefficient (Wildman–Crippen LogP) is 0.632. The fourth-order valence-electron chi connectivity index (χ4n) is 2.88. The van der Waals surface area contributed by atoms with Crippen molar-refractivity contribution < 1.29 is 9.53 Å². The first kappa shape index (κ1) is 24.1. The molecule has 1 aromatic rings. The van der Waals surface area contributed by atoms with Crippen molar-refractivity contribution in [2.45, 2.75) is 6.54 Å². The van der Waals surface area contributed by atoms with Crippen LogP contribution in [0.25, 0.3) is 0 Å². The summed E-state index contributed by atoms with van der Waals surface area (Å²) in [6.07, 6.45) is 0. The second-order valence-electron chi connectivity index (χ2n) is 6.32. The summed E-state index contributed by atoms with van der Waals surface area (Å²) in [7, 11) is 3.39. The van der Waals surface area contributed by atoms with Crippen LogP contribution >= 0.6 is 24.0 Å². The molecule has 0 unspecified atom stereocenters. The van der Waals surface area contributed by atoms with Gasteiger partial charge in [0.1, 0.15) is 0 Å². The molecule has 0 atom stereocenters. The minimum absolute atomic E-state index is 0. The molecule has 0 bridgehead atoms. The molecule has 2 rings (SSSR count). The van der Waals surface area contributed by atoms with Crippen LogP contribution in [0.1, 0.15) is 11.1 Å². The molecular weight excluding hydrogens is 471 g/mol. The zero-order chi connectivity index (χ0) is 19.5. The highest BCUT2D eigenvalue weighted by Crippen LogP contribution is 2.05. The Morgan fingerprint density at radius 3 is 2.46 bits per heavy atom. The molecule has 1 aliphatic heterocycles. The van der Waals surface area contributed by atoms with Crippen LogP contribution in [0.15, 0.2) is 29.3 Å². The Hall–Kier alpha value is -1.90. The van der Waals surface area contributed by atoms with Gasteiger partial charge in [-0.25, -0.2) is 0 Å². The van der Waals surface area contributed by atoms with E-state index in [9.17, 15) is 4.79 Å². The molecule has 8 nitrogen and oxygen atoms in total. The molecular formula is C19H29IN6O2. The zero-order valence-electron chi connectivity index (χ0n) is 16.5. The SMILES string of the molecule is CN=C(NCc1ccc(C#N)cc1)N1CCN(CC(=O)NCCOC)CC1.I. The maximum absolute atomic E-state index is 11.9. The van der Waals surface area contributed by atoms with Crippen molar-refractivity contribution in [2.24, 2.45) is 4.99 Å². The lowest BCUT2D eigenvalue weighted by molar-refractivity contribution is -0.122. The summed E-state index contributed by atoms with van der Waals surface area (Å²) in [6.45, 7) is 5.40. The number of benzene rings is 1. The van der Waals surface area contributed by atoms with Gasteiger partial charge in [0.15, 0.2) is 5.96 Å². The fraction of sp³-hybridized carbons (Fsp3) is 0.526. The van der Waals surface area contributed by atoms with Gasteiger partial charge in [-0.3, -0.25) is 14.7 Å². The van der Waals surface area contributed by atoms with Gasteiger partial charge in [0.05, 0.1) is 24.8 Å². The summed E-state index contributed by atoms with van der Waals surface area (Å²) in [5, 5.41) is 15.1. The number of rotatable bonds is 7. The minimum Gasteiger partial charge on any atom is -0.383 e. The fourth-order valence-corrected chi connectivity index (χ4v) is 2.88. The standard InChI is InChI=1S/C19H28N6O2.HI/c1-21-19(23-14-17-5-3-16(13-20)4-6-17)25-10-8-24(9-11-25)15-18(26)22-7-12-27-2;/h3-6H,7-12,14-15H2,1-2H3,(H,21,23)(H,22,26);1H. The van der Waals surface area contributed by atoms with Gasteiger partial charge in [-0.15, -0.1) is 24.0 Å². The van der Waals surface area contributed by atoms with E-state index >= 15 is 0 Å². The first-order valence-electron chi connectivity index (χ1n) is 9.09. The van der Waals surface area contributed by atoms with Crippen molar-refractivity contribution in [1.29, 1.82) is 5.26 Å². The molecule has 1 aromatic carbocycles. The Balaban J connectivity index is 0.00000392. The summed E-state index contributed by atoms with van der Waals surface area (Å²) in [4.78, 5) is 20.6. The van der Waals surface area contributed by atoms with E-state index in [0.717, 1.165) is 37.7 Å². The number of hydrogen-bond acceptors (Lipinski definition) is 5. The van der Waals surface area contributed by atoms with Gasteiger partial charge < -0.3 is 20.3 Å². The third-order valence-electron chi connectivity index (χ3n) is 4.41.